The summed E-state index contributed by atoms with van der Waals surface area (Å²) in [6, 6.07) is 4.22. The molecule has 1 rings (SSSR count). The standard InChI is InChI=1S/C8H7Br2I/c1-5-6(4-9)2-3-7(10)8(5)11/h2-3H,4H2,1H3. The van der Waals surface area contributed by atoms with Crippen molar-refractivity contribution in [1.29, 1.82) is 0 Å². The van der Waals surface area contributed by atoms with Gasteiger partial charge in [-0.15, -0.1) is 0 Å². The second kappa shape index (κ2) is 4.23. The van der Waals surface area contributed by atoms with Crippen LogP contribution in [-0.2, 0) is 5.33 Å². The molecule has 60 valence electrons. The van der Waals surface area contributed by atoms with Crippen LogP contribution in [0.2, 0.25) is 0 Å². The Labute approximate surface area is 97.2 Å². The molecule has 0 spiro atoms. The van der Waals surface area contributed by atoms with Crippen molar-refractivity contribution in [2.45, 2.75) is 12.3 Å². The topological polar surface area (TPSA) is 0 Å². The molecule has 0 aliphatic heterocycles. The molecule has 0 nitrogen and oxygen atoms in total. The van der Waals surface area contributed by atoms with Gasteiger partial charge in [0.25, 0.3) is 0 Å². The zero-order valence-electron chi connectivity index (χ0n) is 6.00. The third kappa shape index (κ3) is 2.18. The maximum Gasteiger partial charge on any atom is 0.0311 e. The average molecular weight is 390 g/mol. The van der Waals surface area contributed by atoms with Gasteiger partial charge in [0.2, 0.25) is 0 Å². The first kappa shape index (κ1) is 9.99. The van der Waals surface area contributed by atoms with E-state index in [1.54, 1.807) is 0 Å². The summed E-state index contributed by atoms with van der Waals surface area (Å²) in [5.74, 6) is 0. The summed E-state index contributed by atoms with van der Waals surface area (Å²) in [6.07, 6.45) is 0. The molecule has 0 heterocycles. The largest absolute Gasteiger partial charge is 0.0876 e. The Hall–Kier alpha value is 0.910. The predicted octanol–water partition coefficient (Wildman–Crippen LogP) is 4.26. The van der Waals surface area contributed by atoms with Crippen molar-refractivity contribution in [3.05, 3.63) is 31.3 Å². The van der Waals surface area contributed by atoms with Gasteiger partial charge in [-0.1, -0.05) is 22.0 Å². The number of hydrogen-bond acceptors (Lipinski definition) is 0. The Kier molecular flexibility index (Phi) is 3.85. The van der Waals surface area contributed by atoms with Gasteiger partial charge in [0, 0.05) is 13.4 Å². The van der Waals surface area contributed by atoms with Gasteiger partial charge in [0.05, 0.1) is 0 Å². The van der Waals surface area contributed by atoms with E-state index in [1.165, 1.54) is 19.2 Å². The molecule has 0 saturated carbocycles. The molecule has 1 aromatic carbocycles. The van der Waals surface area contributed by atoms with E-state index in [-0.39, 0.29) is 0 Å². The van der Waals surface area contributed by atoms with Gasteiger partial charge in [-0.2, -0.15) is 0 Å². The molecule has 0 aliphatic rings. The van der Waals surface area contributed by atoms with Gasteiger partial charge in [-0.05, 0) is 62.6 Å². The van der Waals surface area contributed by atoms with Crippen LogP contribution < -0.4 is 0 Å². The van der Waals surface area contributed by atoms with Gasteiger partial charge >= 0.3 is 0 Å². The third-order valence-corrected chi connectivity index (χ3v) is 4.99. The Balaban J connectivity index is 3.25. The van der Waals surface area contributed by atoms with Crippen LogP contribution in [0.5, 0.6) is 0 Å². The van der Waals surface area contributed by atoms with Crippen LogP contribution in [0.1, 0.15) is 11.1 Å². The normalized spacial score (nSPS) is 10.2. The summed E-state index contributed by atoms with van der Waals surface area (Å²) in [5.41, 5.74) is 2.72. The molecule has 0 unspecified atom stereocenters. The monoisotopic (exact) mass is 388 g/mol. The molecule has 11 heavy (non-hydrogen) atoms. The molecular formula is C8H7Br2I. The van der Waals surface area contributed by atoms with Gasteiger partial charge < -0.3 is 0 Å². The summed E-state index contributed by atoms with van der Waals surface area (Å²) < 4.78 is 2.49. The molecule has 1 aromatic rings. The molecule has 0 saturated heterocycles. The van der Waals surface area contributed by atoms with E-state index in [0.717, 1.165) is 5.33 Å². The Morgan fingerprint density at radius 1 is 1.45 bits per heavy atom. The lowest BCUT2D eigenvalue weighted by Crippen LogP contribution is -1.88. The first-order valence-electron chi connectivity index (χ1n) is 3.16. The molecule has 0 aliphatic carbocycles. The summed E-state index contributed by atoms with van der Waals surface area (Å²) >= 11 is 9.29. The molecule has 0 amide bonds. The molecular weight excluding hydrogens is 383 g/mol. The van der Waals surface area contributed by atoms with Gasteiger partial charge in [-0.3, -0.25) is 0 Å². The zero-order chi connectivity index (χ0) is 8.43. The molecule has 0 aromatic heterocycles. The fourth-order valence-electron chi connectivity index (χ4n) is 0.837. The SMILES string of the molecule is Cc1c(CBr)ccc(Br)c1I. The minimum absolute atomic E-state index is 0.933. The molecule has 0 fully saturated rings. The highest BCUT2D eigenvalue weighted by Crippen LogP contribution is 2.25. The van der Waals surface area contributed by atoms with Crippen LogP contribution in [0.4, 0.5) is 0 Å². The van der Waals surface area contributed by atoms with Crippen LogP contribution in [0.3, 0.4) is 0 Å². The second-order valence-electron chi connectivity index (χ2n) is 2.28. The van der Waals surface area contributed by atoms with Crippen molar-refractivity contribution in [1.82, 2.24) is 0 Å². The van der Waals surface area contributed by atoms with Crippen LogP contribution in [0.15, 0.2) is 16.6 Å². The van der Waals surface area contributed by atoms with Crippen molar-refractivity contribution in [2.24, 2.45) is 0 Å². The Morgan fingerprint density at radius 3 is 2.64 bits per heavy atom. The van der Waals surface area contributed by atoms with E-state index in [1.807, 2.05) is 0 Å². The van der Waals surface area contributed by atoms with Crippen molar-refractivity contribution in [3.63, 3.8) is 0 Å². The zero-order valence-corrected chi connectivity index (χ0v) is 11.3. The summed E-state index contributed by atoms with van der Waals surface area (Å²) in [4.78, 5) is 0. The smallest absolute Gasteiger partial charge is 0.0311 e. The van der Waals surface area contributed by atoms with Crippen molar-refractivity contribution in [2.75, 3.05) is 0 Å². The predicted molar refractivity (Wildman–Crippen MR) is 64.2 cm³/mol. The van der Waals surface area contributed by atoms with Gasteiger partial charge in [-0.25, -0.2) is 0 Å². The lowest BCUT2D eigenvalue weighted by Gasteiger charge is -2.05. The van der Waals surface area contributed by atoms with E-state index in [4.69, 9.17) is 0 Å². The molecule has 0 radical (unpaired) electrons. The Bertz CT molecular complexity index is 271. The van der Waals surface area contributed by atoms with Crippen LogP contribution in [0, 0.1) is 10.5 Å². The van der Waals surface area contributed by atoms with E-state index >= 15 is 0 Å². The van der Waals surface area contributed by atoms with Gasteiger partial charge in [0.15, 0.2) is 0 Å². The minimum Gasteiger partial charge on any atom is -0.0876 e. The van der Waals surface area contributed by atoms with E-state index < -0.39 is 0 Å². The molecule has 0 atom stereocenters. The molecule has 0 N–H and O–H groups in total. The number of hydrogen-bond donors (Lipinski definition) is 0. The highest BCUT2D eigenvalue weighted by atomic mass is 127. The lowest BCUT2D eigenvalue weighted by molar-refractivity contribution is 1.28. The fourth-order valence-corrected chi connectivity index (χ4v) is 2.40. The number of alkyl halides is 1. The lowest BCUT2D eigenvalue weighted by atomic mass is 10.1. The van der Waals surface area contributed by atoms with Crippen LogP contribution in [0.25, 0.3) is 0 Å². The quantitative estimate of drug-likeness (QED) is 0.497. The number of rotatable bonds is 1. The number of halogens is 3. The van der Waals surface area contributed by atoms with Gasteiger partial charge in [0.1, 0.15) is 0 Å². The third-order valence-electron chi connectivity index (χ3n) is 1.60. The highest BCUT2D eigenvalue weighted by molar-refractivity contribution is 14.1. The first-order chi connectivity index (χ1) is 5.16. The number of benzene rings is 1. The van der Waals surface area contributed by atoms with E-state index in [9.17, 15) is 0 Å². The van der Waals surface area contributed by atoms with Crippen molar-refractivity contribution >= 4 is 54.5 Å². The van der Waals surface area contributed by atoms with E-state index in [0.29, 0.717) is 0 Å². The minimum atomic E-state index is 0.933. The molecule has 3 heteroatoms. The highest BCUT2D eigenvalue weighted by Gasteiger charge is 2.03. The first-order valence-corrected chi connectivity index (χ1v) is 6.15. The second-order valence-corrected chi connectivity index (χ2v) is 4.77. The van der Waals surface area contributed by atoms with Crippen LogP contribution in [-0.4, -0.2) is 0 Å². The maximum absolute atomic E-state index is 3.49. The summed E-state index contributed by atoms with van der Waals surface area (Å²) in [7, 11) is 0. The summed E-state index contributed by atoms with van der Waals surface area (Å²) in [6.45, 7) is 2.14. The Morgan fingerprint density at radius 2 is 2.09 bits per heavy atom. The molecule has 0 bridgehead atoms. The summed E-state index contributed by atoms with van der Waals surface area (Å²) in [5, 5.41) is 0.933. The van der Waals surface area contributed by atoms with Crippen LogP contribution >= 0.6 is 54.5 Å². The maximum atomic E-state index is 3.49. The van der Waals surface area contributed by atoms with E-state index in [2.05, 4.69) is 73.5 Å². The fraction of sp³-hybridized carbons (Fsp3) is 0.250. The van der Waals surface area contributed by atoms with Crippen molar-refractivity contribution < 1.29 is 0 Å². The average Bonchev–Trinajstić information content (AvgIpc) is 2.01. The van der Waals surface area contributed by atoms with Crippen molar-refractivity contribution in [3.8, 4) is 0 Å².